The maximum Gasteiger partial charge on any atom is 0.417 e. The van der Waals surface area contributed by atoms with Crippen molar-refractivity contribution in [2.45, 2.75) is 13.1 Å². The Labute approximate surface area is 167 Å². The minimum atomic E-state index is -4.56. The minimum Gasteiger partial charge on any atom is -0.305 e. The van der Waals surface area contributed by atoms with Gasteiger partial charge in [0.25, 0.3) is 5.91 Å². The quantitative estimate of drug-likeness (QED) is 0.500. The van der Waals surface area contributed by atoms with Crippen LogP contribution in [0.4, 0.5) is 23.4 Å². The van der Waals surface area contributed by atoms with Crippen LogP contribution in [0.25, 0.3) is 16.9 Å². The number of carbonyl (C=O) groups is 1. The van der Waals surface area contributed by atoms with Gasteiger partial charge in [-0.25, -0.2) is 18.9 Å². The Morgan fingerprint density at radius 2 is 1.83 bits per heavy atom. The number of anilines is 1. The van der Waals surface area contributed by atoms with Crippen LogP contribution in [-0.4, -0.2) is 25.5 Å². The number of nitrogens with zero attached hydrogens (tertiary/aromatic N) is 4. The smallest absolute Gasteiger partial charge is 0.305 e. The highest BCUT2D eigenvalue weighted by Crippen LogP contribution is 2.36. The number of aromatic nitrogens is 4. The summed E-state index contributed by atoms with van der Waals surface area (Å²) in [4.78, 5) is 20.5. The van der Waals surface area contributed by atoms with E-state index in [2.05, 4.69) is 20.4 Å². The number of benzene rings is 1. The van der Waals surface area contributed by atoms with Gasteiger partial charge >= 0.3 is 6.18 Å². The molecule has 3 aromatic heterocycles. The van der Waals surface area contributed by atoms with Gasteiger partial charge in [0.2, 0.25) is 0 Å². The van der Waals surface area contributed by atoms with Crippen molar-refractivity contribution in [3.05, 3.63) is 77.5 Å². The molecule has 4 rings (SSSR count). The second-order valence-corrected chi connectivity index (χ2v) is 6.45. The lowest BCUT2D eigenvalue weighted by Crippen LogP contribution is -2.16. The summed E-state index contributed by atoms with van der Waals surface area (Å²) in [5.41, 5.74) is -0.0602. The molecule has 0 bridgehead atoms. The van der Waals surface area contributed by atoms with Gasteiger partial charge in [0.1, 0.15) is 11.6 Å². The average molecular weight is 415 g/mol. The zero-order valence-corrected chi connectivity index (χ0v) is 15.4. The molecule has 30 heavy (non-hydrogen) atoms. The summed E-state index contributed by atoms with van der Waals surface area (Å²) in [7, 11) is 0. The predicted molar refractivity (Wildman–Crippen MR) is 100 cm³/mol. The molecule has 10 heteroatoms. The molecule has 0 unspecified atom stereocenters. The molecule has 6 nitrogen and oxygen atoms in total. The monoisotopic (exact) mass is 415 g/mol. The molecule has 0 atom stereocenters. The van der Waals surface area contributed by atoms with Crippen molar-refractivity contribution in [1.29, 1.82) is 0 Å². The molecular weight excluding hydrogens is 402 g/mol. The number of pyridine rings is 1. The van der Waals surface area contributed by atoms with E-state index >= 15 is 0 Å². The van der Waals surface area contributed by atoms with Crippen LogP contribution in [0.3, 0.4) is 0 Å². The Bertz CT molecular complexity index is 1250. The fourth-order valence-electron chi connectivity index (χ4n) is 2.99. The number of nitrogens with one attached hydrogen (secondary N) is 1. The second kappa shape index (κ2) is 7.21. The number of alkyl halides is 3. The molecule has 1 N–H and O–H groups in total. The van der Waals surface area contributed by atoms with E-state index in [1.807, 2.05) is 0 Å². The number of halogens is 4. The lowest BCUT2D eigenvalue weighted by atomic mass is 10.0. The molecule has 0 saturated carbocycles. The molecule has 3 heterocycles. The van der Waals surface area contributed by atoms with Gasteiger partial charge in [0.05, 0.1) is 23.7 Å². The zero-order valence-electron chi connectivity index (χ0n) is 15.4. The Balaban J connectivity index is 1.79. The summed E-state index contributed by atoms with van der Waals surface area (Å²) < 4.78 is 54.4. The molecule has 0 fully saturated rings. The van der Waals surface area contributed by atoms with Gasteiger partial charge in [-0.15, -0.1) is 0 Å². The SMILES string of the molecule is Cc1cc(-c2ccccc2C(F)(F)F)nn2c(C(=O)Nc3ccc(F)cn3)cnc12. The average Bonchev–Trinajstić information content (AvgIpc) is 3.14. The van der Waals surface area contributed by atoms with Crippen LogP contribution in [0.5, 0.6) is 0 Å². The van der Waals surface area contributed by atoms with Gasteiger partial charge < -0.3 is 5.32 Å². The summed E-state index contributed by atoms with van der Waals surface area (Å²) in [6.45, 7) is 1.66. The van der Waals surface area contributed by atoms with E-state index in [-0.39, 0.29) is 22.8 Å². The number of hydrogen-bond acceptors (Lipinski definition) is 4. The van der Waals surface area contributed by atoms with Crippen LogP contribution in [-0.2, 0) is 6.18 Å². The van der Waals surface area contributed by atoms with Gasteiger partial charge in [-0.1, -0.05) is 18.2 Å². The van der Waals surface area contributed by atoms with Gasteiger partial charge in [-0.2, -0.15) is 18.3 Å². The topological polar surface area (TPSA) is 72.2 Å². The summed E-state index contributed by atoms with van der Waals surface area (Å²) in [5, 5.41) is 6.71. The highest BCUT2D eigenvalue weighted by atomic mass is 19.4. The van der Waals surface area contributed by atoms with E-state index in [0.29, 0.717) is 11.2 Å². The molecule has 0 saturated heterocycles. The van der Waals surface area contributed by atoms with Crippen molar-refractivity contribution in [2.24, 2.45) is 0 Å². The highest BCUT2D eigenvalue weighted by Gasteiger charge is 2.34. The second-order valence-electron chi connectivity index (χ2n) is 6.45. The molecule has 1 amide bonds. The number of aryl methyl sites for hydroxylation is 1. The van der Waals surface area contributed by atoms with E-state index in [1.165, 1.54) is 41.0 Å². The maximum absolute atomic E-state index is 13.4. The van der Waals surface area contributed by atoms with Gasteiger partial charge in [0.15, 0.2) is 11.3 Å². The number of imidazole rings is 1. The summed E-state index contributed by atoms with van der Waals surface area (Å²) in [6, 6.07) is 8.95. The molecule has 0 radical (unpaired) electrons. The number of fused-ring (bicyclic) bond motifs is 1. The molecule has 0 spiro atoms. The third-order valence-electron chi connectivity index (χ3n) is 4.36. The van der Waals surface area contributed by atoms with Crippen LogP contribution in [0.1, 0.15) is 21.6 Å². The van der Waals surface area contributed by atoms with Crippen LogP contribution in [0.15, 0.2) is 54.9 Å². The maximum atomic E-state index is 13.4. The lowest BCUT2D eigenvalue weighted by molar-refractivity contribution is -0.137. The normalized spacial score (nSPS) is 11.6. The molecule has 1 aromatic carbocycles. The number of hydrogen-bond donors (Lipinski definition) is 1. The van der Waals surface area contributed by atoms with Crippen LogP contribution in [0, 0.1) is 12.7 Å². The molecule has 0 aliphatic carbocycles. The summed E-state index contributed by atoms with van der Waals surface area (Å²) >= 11 is 0. The van der Waals surface area contributed by atoms with Crippen molar-refractivity contribution < 1.29 is 22.4 Å². The van der Waals surface area contributed by atoms with E-state index in [0.717, 1.165) is 18.3 Å². The number of amides is 1. The third-order valence-corrected chi connectivity index (χ3v) is 4.36. The van der Waals surface area contributed by atoms with E-state index in [1.54, 1.807) is 6.92 Å². The van der Waals surface area contributed by atoms with Crippen molar-refractivity contribution in [3.63, 3.8) is 0 Å². The first kappa shape index (κ1) is 19.5. The van der Waals surface area contributed by atoms with Crippen molar-refractivity contribution in [1.82, 2.24) is 19.6 Å². The molecule has 0 aliphatic heterocycles. The Morgan fingerprint density at radius 1 is 1.07 bits per heavy atom. The van der Waals surface area contributed by atoms with Gasteiger partial charge in [0, 0.05) is 5.56 Å². The Hall–Kier alpha value is -3.82. The van der Waals surface area contributed by atoms with Gasteiger partial charge in [-0.3, -0.25) is 4.79 Å². The van der Waals surface area contributed by atoms with Crippen LogP contribution >= 0.6 is 0 Å². The summed E-state index contributed by atoms with van der Waals surface area (Å²) in [6.07, 6.45) is -2.36. The first-order valence-corrected chi connectivity index (χ1v) is 8.69. The zero-order chi connectivity index (χ0) is 21.5. The molecule has 4 aromatic rings. The fourth-order valence-corrected chi connectivity index (χ4v) is 2.99. The van der Waals surface area contributed by atoms with E-state index in [9.17, 15) is 22.4 Å². The highest BCUT2D eigenvalue weighted by molar-refractivity contribution is 6.02. The number of carbonyl (C=O) groups excluding carboxylic acids is 1. The Morgan fingerprint density at radius 3 is 2.53 bits per heavy atom. The first-order valence-electron chi connectivity index (χ1n) is 8.69. The Kier molecular flexibility index (Phi) is 4.69. The third kappa shape index (κ3) is 3.59. The molecule has 152 valence electrons. The van der Waals surface area contributed by atoms with Crippen molar-refractivity contribution in [3.8, 4) is 11.3 Å². The summed E-state index contributed by atoms with van der Waals surface area (Å²) in [5.74, 6) is -1.10. The van der Waals surface area contributed by atoms with Crippen molar-refractivity contribution >= 4 is 17.4 Å². The minimum absolute atomic E-state index is 0.00874. The van der Waals surface area contributed by atoms with E-state index in [4.69, 9.17) is 0 Å². The lowest BCUT2D eigenvalue weighted by Gasteiger charge is -2.13. The molecular formula is C20H13F4N5O. The van der Waals surface area contributed by atoms with Crippen LogP contribution < -0.4 is 5.32 Å². The largest absolute Gasteiger partial charge is 0.417 e. The standard InChI is InChI=1S/C20H13F4N5O/c1-11-8-15(13-4-2-3-5-14(13)20(22,23)24)28-29-16(10-26-18(11)29)19(30)27-17-7-6-12(21)9-25-17/h2-10H,1H3,(H,25,27,30). The first-order chi connectivity index (χ1) is 14.2. The van der Waals surface area contributed by atoms with Crippen molar-refractivity contribution in [2.75, 3.05) is 5.32 Å². The molecule has 0 aliphatic rings. The predicted octanol–water partition coefficient (Wildman–Crippen LogP) is 4.51. The van der Waals surface area contributed by atoms with Crippen LogP contribution in [0.2, 0.25) is 0 Å². The van der Waals surface area contributed by atoms with E-state index < -0.39 is 23.5 Å². The fraction of sp³-hybridized carbons (Fsp3) is 0.100. The number of rotatable bonds is 3. The van der Waals surface area contributed by atoms with Gasteiger partial charge in [-0.05, 0) is 36.8 Å².